The Balaban J connectivity index is 2.85. The zero-order valence-corrected chi connectivity index (χ0v) is 13.7. The van der Waals surface area contributed by atoms with E-state index < -0.39 is 0 Å². The Hall–Kier alpha value is -1.38. The predicted octanol–water partition coefficient (Wildman–Crippen LogP) is 4.93. The molecule has 1 aromatic rings. The minimum atomic E-state index is 0.442. The Labute approximate surface area is 124 Å². The summed E-state index contributed by atoms with van der Waals surface area (Å²) in [4.78, 5) is 0. The van der Waals surface area contributed by atoms with Gasteiger partial charge in [0.15, 0.2) is 0 Å². The fourth-order valence-corrected chi connectivity index (χ4v) is 2.49. The van der Waals surface area contributed by atoms with Crippen molar-refractivity contribution in [2.24, 2.45) is 0 Å². The van der Waals surface area contributed by atoms with E-state index in [2.05, 4.69) is 61.8 Å². The van der Waals surface area contributed by atoms with E-state index in [1.165, 1.54) is 37.1 Å². The van der Waals surface area contributed by atoms with Crippen molar-refractivity contribution in [3.63, 3.8) is 0 Å². The standard InChI is InChI=1S/C17H31N3/c1-6-8-14(9-7-2)20-17-11-15(18-5)10-16(12-17)19-13(3)4/h10-14,18-20H,6-9H2,1-5H3. The first kappa shape index (κ1) is 16.7. The highest BCUT2D eigenvalue weighted by molar-refractivity contribution is 5.67. The summed E-state index contributed by atoms with van der Waals surface area (Å²) >= 11 is 0. The predicted molar refractivity (Wildman–Crippen MR) is 92.0 cm³/mol. The van der Waals surface area contributed by atoms with Crippen molar-refractivity contribution in [1.82, 2.24) is 0 Å². The van der Waals surface area contributed by atoms with E-state index in [1.54, 1.807) is 0 Å². The molecule has 3 N–H and O–H groups in total. The zero-order valence-electron chi connectivity index (χ0n) is 13.7. The van der Waals surface area contributed by atoms with Gasteiger partial charge in [-0.15, -0.1) is 0 Å². The summed E-state index contributed by atoms with van der Waals surface area (Å²) in [5.74, 6) is 0. The Morgan fingerprint density at radius 3 is 1.80 bits per heavy atom. The van der Waals surface area contributed by atoms with Crippen LogP contribution in [0.25, 0.3) is 0 Å². The number of hydrogen-bond acceptors (Lipinski definition) is 3. The molecule has 0 aliphatic heterocycles. The van der Waals surface area contributed by atoms with E-state index in [-0.39, 0.29) is 0 Å². The average molecular weight is 277 g/mol. The normalized spacial score (nSPS) is 10.9. The quantitative estimate of drug-likeness (QED) is 0.599. The topological polar surface area (TPSA) is 36.1 Å². The van der Waals surface area contributed by atoms with Gasteiger partial charge in [-0.3, -0.25) is 0 Å². The Bertz CT molecular complexity index is 382. The molecule has 0 radical (unpaired) electrons. The number of nitrogens with one attached hydrogen (secondary N) is 3. The van der Waals surface area contributed by atoms with Gasteiger partial charge in [-0.2, -0.15) is 0 Å². The van der Waals surface area contributed by atoms with Crippen LogP contribution < -0.4 is 16.0 Å². The second-order valence-electron chi connectivity index (χ2n) is 5.77. The van der Waals surface area contributed by atoms with Gasteiger partial charge in [0.25, 0.3) is 0 Å². The first-order chi connectivity index (χ1) is 9.58. The molecule has 1 rings (SSSR count). The molecule has 114 valence electrons. The highest BCUT2D eigenvalue weighted by Gasteiger charge is 2.08. The molecule has 0 saturated carbocycles. The van der Waals surface area contributed by atoms with Crippen LogP contribution in [0.3, 0.4) is 0 Å². The molecule has 0 fully saturated rings. The first-order valence-corrected chi connectivity index (χ1v) is 7.94. The van der Waals surface area contributed by atoms with Crippen LogP contribution in [0, 0.1) is 0 Å². The molecule has 0 aliphatic rings. The number of rotatable bonds is 9. The zero-order chi connectivity index (χ0) is 15.0. The molecule has 3 nitrogen and oxygen atoms in total. The summed E-state index contributed by atoms with van der Waals surface area (Å²) in [6.45, 7) is 8.83. The van der Waals surface area contributed by atoms with E-state index in [9.17, 15) is 0 Å². The van der Waals surface area contributed by atoms with Gasteiger partial charge in [0.2, 0.25) is 0 Å². The molecule has 0 amide bonds. The molecule has 3 heteroatoms. The van der Waals surface area contributed by atoms with Crippen molar-refractivity contribution in [3.05, 3.63) is 18.2 Å². The van der Waals surface area contributed by atoms with Gasteiger partial charge in [-0.1, -0.05) is 26.7 Å². The molecule has 0 spiro atoms. The van der Waals surface area contributed by atoms with E-state index in [4.69, 9.17) is 0 Å². The maximum atomic E-state index is 3.69. The van der Waals surface area contributed by atoms with Crippen molar-refractivity contribution >= 4 is 17.1 Å². The summed E-state index contributed by atoms with van der Waals surface area (Å²) in [6.07, 6.45) is 4.90. The summed E-state index contributed by atoms with van der Waals surface area (Å²) in [6, 6.07) is 7.56. The van der Waals surface area contributed by atoms with Crippen LogP contribution in [-0.2, 0) is 0 Å². The lowest BCUT2D eigenvalue weighted by Crippen LogP contribution is -2.19. The van der Waals surface area contributed by atoms with Gasteiger partial charge in [0.1, 0.15) is 0 Å². The lowest BCUT2D eigenvalue weighted by atomic mass is 10.1. The van der Waals surface area contributed by atoms with E-state index in [0.717, 1.165) is 5.69 Å². The van der Waals surface area contributed by atoms with Crippen LogP contribution in [-0.4, -0.2) is 19.1 Å². The van der Waals surface area contributed by atoms with Crippen molar-refractivity contribution in [2.45, 2.75) is 65.5 Å². The maximum absolute atomic E-state index is 3.69. The van der Waals surface area contributed by atoms with Gasteiger partial charge in [-0.05, 0) is 44.9 Å². The van der Waals surface area contributed by atoms with Crippen molar-refractivity contribution in [1.29, 1.82) is 0 Å². The molecule has 0 saturated heterocycles. The van der Waals surface area contributed by atoms with Crippen LogP contribution in [0.15, 0.2) is 18.2 Å². The smallest absolute Gasteiger partial charge is 0.0383 e. The third-order valence-corrected chi connectivity index (χ3v) is 3.32. The lowest BCUT2D eigenvalue weighted by molar-refractivity contribution is 0.586. The monoisotopic (exact) mass is 277 g/mol. The second kappa shape index (κ2) is 8.72. The van der Waals surface area contributed by atoms with E-state index in [1.807, 2.05) is 7.05 Å². The third kappa shape index (κ3) is 5.72. The molecule has 1 aromatic carbocycles. The maximum Gasteiger partial charge on any atom is 0.0383 e. The Morgan fingerprint density at radius 1 is 0.850 bits per heavy atom. The lowest BCUT2D eigenvalue weighted by Gasteiger charge is -2.21. The van der Waals surface area contributed by atoms with Crippen LogP contribution in [0.4, 0.5) is 17.1 Å². The van der Waals surface area contributed by atoms with E-state index in [0.29, 0.717) is 12.1 Å². The SMILES string of the molecule is CCCC(CCC)Nc1cc(NC)cc(NC(C)C)c1. The van der Waals surface area contributed by atoms with Gasteiger partial charge in [0.05, 0.1) is 0 Å². The van der Waals surface area contributed by atoms with Gasteiger partial charge in [0, 0.05) is 36.2 Å². The van der Waals surface area contributed by atoms with E-state index >= 15 is 0 Å². The minimum Gasteiger partial charge on any atom is -0.388 e. The van der Waals surface area contributed by atoms with Gasteiger partial charge < -0.3 is 16.0 Å². The molecular formula is C17H31N3. The molecule has 0 bridgehead atoms. The Morgan fingerprint density at radius 2 is 1.35 bits per heavy atom. The molecule has 20 heavy (non-hydrogen) atoms. The number of anilines is 3. The molecule has 0 aromatic heterocycles. The highest BCUT2D eigenvalue weighted by atomic mass is 14.9. The molecule has 0 atom stereocenters. The molecule has 0 heterocycles. The van der Waals surface area contributed by atoms with Gasteiger partial charge >= 0.3 is 0 Å². The average Bonchev–Trinajstić information content (AvgIpc) is 2.38. The fraction of sp³-hybridized carbons (Fsp3) is 0.647. The fourth-order valence-electron chi connectivity index (χ4n) is 2.49. The summed E-state index contributed by atoms with van der Waals surface area (Å²) < 4.78 is 0. The molecule has 0 unspecified atom stereocenters. The minimum absolute atomic E-state index is 0.442. The van der Waals surface area contributed by atoms with Crippen molar-refractivity contribution < 1.29 is 0 Å². The van der Waals surface area contributed by atoms with Gasteiger partial charge in [-0.25, -0.2) is 0 Å². The molecular weight excluding hydrogens is 246 g/mol. The summed E-state index contributed by atoms with van der Waals surface area (Å²) in [5, 5.41) is 10.4. The van der Waals surface area contributed by atoms with Crippen LogP contribution in [0.5, 0.6) is 0 Å². The molecule has 0 aliphatic carbocycles. The summed E-state index contributed by atoms with van der Waals surface area (Å²) in [7, 11) is 1.97. The second-order valence-corrected chi connectivity index (χ2v) is 5.77. The van der Waals surface area contributed by atoms with Crippen LogP contribution in [0.1, 0.15) is 53.4 Å². The van der Waals surface area contributed by atoms with Crippen LogP contribution >= 0.6 is 0 Å². The van der Waals surface area contributed by atoms with Crippen molar-refractivity contribution in [3.8, 4) is 0 Å². The number of hydrogen-bond donors (Lipinski definition) is 3. The largest absolute Gasteiger partial charge is 0.388 e. The third-order valence-electron chi connectivity index (χ3n) is 3.32. The first-order valence-electron chi connectivity index (χ1n) is 7.94. The Kier molecular flexibility index (Phi) is 7.27. The van der Waals surface area contributed by atoms with Crippen LogP contribution in [0.2, 0.25) is 0 Å². The van der Waals surface area contributed by atoms with Crippen molar-refractivity contribution in [2.75, 3.05) is 23.0 Å². The highest BCUT2D eigenvalue weighted by Crippen LogP contribution is 2.25. The summed E-state index contributed by atoms with van der Waals surface area (Å²) in [5.41, 5.74) is 3.51. The number of benzene rings is 1.